The van der Waals surface area contributed by atoms with E-state index in [2.05, 4.69) is 35.1 Å². The molecule has 21 nitrogen and oxygen atoms in total. The van der Waals surface area contributed by atoms with Crippen molar-refractivity contribution in [3.8, 4) is 22.3 Å². The molecule has 2 fully saturated rings. The molecular formula is C45H50N12O9S2. The molecule has 2 aromatic carbocycles. The summed E-state index contributed by atoms with van der Waals surface area (Å²) in [4.78, 5) is 57.7. The van der Waals surface area contributed by atoms with Crippen molar-refractivity contribution in [2.24, 2.45) is 16.6 Å². The first-order valence-corrected chi connectivity index (χ1v) is 24.4. The number of hydrogen-bond acceptors (Lipinski definition) is 14. The second-order valence-electron chi connectivity index (χ2n) is 16.5. The summed E-state index contributed by atoms with van der Waals surface area (Å²) in [5.74, 6) is -2.77. The van der Waals surface area contributed by atoms with E-state index in [1.54, 1.807) is 24.3 Å². The van der Waals surface area contributed by atoms with Gasteiger partial charge in [-0.25, -0.2) is 18.3 Å². The van der Waals surface area contributed by atoms with Gasteiger partial charge in [0, 0.05) is 12.4 Å². The summed E-state index contributed by atoms with van der Waals surface area (Å²) in [7, 11) is -7.82. The Balaban J connectivity index is 0.000000168. The molecule has 10 rings (SSSR count). The number of benzene rings is 2. The fourth-order valence-electron chi connectivity index (χ4n) is 8.18. The largest absolute Gasteiger partial charge is 0.481 e. The van der Waals surface area contributed by atoms with Crippen LogP contribution in [0.5, 0.6) is 0 Å². The quantitative estimate of drug-likeness (QED) is 0.111. The Morgan fingerprint density at radius 1 is 0.662 bits per heavy atom. The smallest absolute Gasteiger partial charge is 0.307 e. The van der Waals surface area contributed by atoms with Gasteiger partial charge in [-0.15, -0.1) is 10.2 Å². The molecule has 68 heavy (non-hydrogen) atoms. The molecule has 2 saturated carbocycles. The van der Waals surface area contributed by atoms with Crippen molar-refractivity contribution >= 4 is 43.7 Å². The number of sulfonamides is 2. The van der Waals surface area contributed by atoms with Gasteiger partial charge in [-0.05, 0) is 144 Å². The van der Waals surface area contributed by atoms with Gasteiger partial charge in [0.15, 0.2) is 0 Å². The van der Waals surface area contributed by atoms with Gasteiger partial charge in [-0.3, -0.25) is 29.1 Å². The van der Waals surface area contributed by atoms with Crippen LogP contribution in [-0.2, 0) is 68.2 Å². The summed E-state index contributed by atoms with van der Waals surface area (Å²) < 4.78 is 49.0. The topological polar surface area (TPSA) is 334 Å². The molecule has 4 aromatic heterocycles. The van der Waals surface area contributed by atoms with E-state index in [1.807, 2.05) is 24.3 Å². The number of aryl methyl sites for hydroxylation is 2. The predicted molar refractivity (Wildman–Crippen MR) is 245 cm³/mol. The number of rotatable bonds is 13. The van der Waals surface area contributed by atoms with Crippen LogP contribution < -0.4 is 21.3 Å². The first-order chi connectivity index (χ1) is 31.9. The maximum Gasteiger partial charge on any atom is 0.307 e. The highest BCUT2D eigenvalue weighted by molar-refractivity contribution is 7.90. The third-order valence-electron chi connectivity index (χ3n) is 11.7. The Bertz CT molecular complexity index is 3160. The van der Waals surface area contributed by atoms with Crippen LogP contribution in [0.15, 0.2) is 83.4 Å². The lowest BCUT2D eigenvalue weighted by Gasteiger charge is -2.15. The first-order valence-electron chi connectivity index (χ1n) is 21.4. The SMILES string of the molecule is C.NC(=O)c1cc(-c2ccc3c(c2CC(=O)NS(=O)(=O)c2cnn(C4CC4)n2)CCC3)ccn1.NC(=O)c1cc(-c2ccc3c(c2CC(=O)O)CCC3)ccn1.NS(=O)(=O)c1cnn(C2CC2)n1. The Labute approximate surface area is 391 Å². The van der Waals surface area contributed by atoms with E-state index < -0.39 is 43.7 Å². The van der Waals surface area contributed by atoms with Gasteiger partial charge in [0.25, 0.3) is 31.9 Å². The molecule has 4 aliphatic carbocycles. The molecule has 0 aliphatic heterocycles. The fourth-order valence-corrected chi connectivity index (χ4v) is 9.43. The maximum absolute atomic E-state index is 12.9. The maximum atomic E-state index is 12.9. The summed E-state index contributed by atoms with van der Waals surface area (Å²) in [6.45, 7) is 0. The molecule has 4 aliphatic rings. The number of carbonyl (C=O) groups excluding carboxylic acids is 3. The molecular weight excluding hydrogens is 917 g/mol. The molecule has 0 saturated heterocycles. The van der Waals surface area contributed by atoms with Gasteiger partial charge in [0.05, 0.1) is 37.3 Å². The molecule has 0 atom stereocenters. The van der Waals surface area contributed by atoms with E-state index in [4.69, 9.17) is 16.6 Å². The van der Waals surface area contributed by atoms with Crippen molar-refractivity contribution in [1.82, 2.24) is 44.7 Å². The number of aliphatic carboxylic acids is 1. The average molecular weight is 967 g/mol. The van der Waals surface area contributed by atoms with Crippen molar-refractivity contribution in [3.05, 3.63) is 118 Å². The van der Waals surface area contributed by atoms with Gasteiger partial charge in [-0.1, -0.05) is 31.7 Å². The van der Waals surface area contributed by atoms with Crippen molar-refractivity contribution in [2.45, 2.75) is 107 Å². The number of amides is 3. The molecule has 0 spiro atoms. The average Bonchev–Trinajstić information content (AvgIpc) is 4.00. The number of carbonyl (C=O) groups is 4. The number of carboxylic acids is 1. The highest BCUT2D eigenvalue weighted by Gasteiger charge is 2.30. The fraction of sp³-hybridized carbons (Fsp3) is 0.333. The molecule has 23 heteroatoms. The third-order valence-corrected chi connectivity index (χ3v) is 13.7. The van der Waals surface area contributed by atoms with E-state index in [0.717, 1.165) is 115 Å². The summed E-state index contributed by atoms with van der Waals surface area (Å²) >= 11 is 0. The summed E-state index contributed by atoms with van der Waals surface area (Å²) in [6, 6.07) is 15.0. The minimum atomic E-state index is -4.14. The number of nitrogens with one attached hydrogen (secondary N) is 1. The van der Waals surface area contributed by atoms with Gasteiger partial charge in [0.1, 0.15) is 11.4 Å². The summed E-state index contributed by atoms with van der Waals surface area (Å²) in [5.41, 5.74) is 20.1. The number of aromatic nitrogens is 8. The Hall–Kier alpha value is -7.24. The zero-order valence-corrected chi connectivity index (χ0v) is 37.5. The van der Waals surface area contributed by atoms with Crippen LogP contribution in [0.4, 0.5) is 0 Å². The van der Waals surface area contributed by atoms with Crippen LogP contribution >= 0.6 is 0 Å². The Morgan fingerprint density at radius 2 is 1.12 bits per heavy atom. The van der Waals surface area contributed by atoms with Gasteiger partial charge in [-0.2, -0.15) is 28.2 Å². The van der Waals surface area contributed by atoms with Crippen molar-refractivity contribution < 1.29 is 41.1 Å². The van der Waals surface area contributed by atoms with E-state index in [-0.39, 0.29) is 53.8 Å². The van der Waals surface area contributed by atoms with Crippen LogP contribution in [-0.4, -0.2) is 85.6 Å². The van der Waals surface area contributed by atoms with E-state index in [1.165, 1.54) is 33.7 Å². The van der Waals surface area contributed by atoms with Crippen molar-refractivity contribution in [1.29, 1.82) is 0 Å². The van der Waals surface area contributed by atoms with Gasteiger partial charge < -0.3 is 16.6 Å². The third kappa shape index (κ3) is 11.3. The van der Waals surface area contributed by atoms with Crippen LogP contribution in [0.25, 0.3) is 22.3 Å². The minimum Gasteiger partial charge on any atom is -0.481 e. The summed E-state index contributed by atoms with van der Waals surface area (Å²) in [6.07, 6.45) is 14.6. The van der Waals surface area contributed by atoms with Crippen molar-refractivity contribution in [2.75, 3.05) is 0 Å². The number of pyridine rings is 2. The standard InChI is InChI=1S/C22H22N6O4S.C17H16N2O3.C5H8N4O2S.CH4/c23-22(30)19-10-14(8-9-24-19)17-7-4-13-2-1-3-16(13)18(17)11-20(29)27-33(31,32)21-12-25-28(26-21)15-5-6-15;18-17(22)15-8-11(6-7-19-15)13-5-4-10-2-1-3-12(10)14(13)9-16(20)21;6-12(10,11)5-3-7-9(8-5)4-1-2-4;/h4,7-10,12,15H,1-3,5-6,11H2,(H2,23,30)(H,27,29);4-8H,1-3,9H2,(H2,18,22)(H,20,21);3-4H,1-2H2,(H2,6,10,11);1H4. The molecule has 4 heterocycles. The molecule has 356 valence electrons. The molecule has 3 amide bonds. The highest BCUT2D eigenvalue weighted by atomic mass is 32.2. The first kappa shape index (κ1) is 48.7. The number of carboxylic acid groups (broad SMARTS) is 1. The van der Waals surface area contributed by atoms with Crippen molar-refractivity contribution in [3.63, 3.8) is 0 Å². The number of nitrogens with zero attached hydrogens (tertiary/aromatic N) is 8. The second-order valence-corrected chi connectivity index (χ2v) is 19.7. The van der Waals surface area contributed by atoms with E-state index in [9.17, 15) is 41.1 Å². The van der Waals surface area contributed by atoms with Crippen LogP contribution in [0.3, 0.4) is 0 Å². The lowest BCUT2D eigenvalue weighted by Crippen LogP contribution is -2.32. The lowest BCUT2D eigenvalue weighted by atomic mass is 9.91. The van der Waals surface area contributed by atoms with Crippen LogP contribution in [0.1, 0.15) is 112 Å². The second kappa shape index (κ2) is 19.9. The number of fused-ring (bicyclic) bond motifs is 2. The van der Waals surface area contributed by atoms with Gasteiger partial charge >= 0.3 is 5.97 Å². The van der Waals surface area contributed by atoms with Gasteiger partial charge in [0.2, 0.25) is 16.0 Å². The molecule has 0 radical (unpaired) electrons. The molecule has 6 aromatic rings. The zero-order chi connectivity index (χ0) is 47.6. The number of hydrogen-bond donors (Lipinski definition) is 5. The van der Waals surface area contributed by atoms with Crippen LogP contribution in [0, 0.1) is 0 Å². The highest BCUT2D eigenvalue weighted by Crippen LogP contribution is 2.37. The van der Waals surface area contributed by atoms with E-state index >= 15 is 0 Å². The minimum absolute atomic E-state index is 0. The number of nitrogens with two attached hydrogens (primary N) is 3. The number of primary amides is 2. The lowest BCUT2D eigenvalue weighted by molar-refractivity contribution is -0.136. The molecule has 0 unspecified atom stereocenters. The Morgan fingerprint density at radius 3 is 1.54 bits per heavy atom. The summed E-state index contributed by atoms with van der Waals surface area (Å²) in [5, 5.41) is 29.2. The normalized spacial score (nSPS) is 14.8. The molecule has 0 bridgehead atoms. The Kier molecular flexibility index (Phi) is 14.3. The zero-order valence-electron chi connectivity index (χ0n) is 35.9. The molecule has 8 N–H and O–H groups in total. The number of primary sulfonamides is 1. The predicted octanol–water partition coefficient (Wildman–Crippen LogP) is 3.17. The monoisotopic (exact) mass is 966 g/mol. The van der Waals surface area contributed by atoms with Crippen LogP contribution in [0.2, 0.25) is 0 Å². The van der Waals surface area contributed by atoms with E-state index in [0.29, 0.717) is 5.56 Å².